The maximum Gasteiger partial charge on any atom is 0.147 e. The van der Waals surface area contributed by atoms with Gasteiger partial charge in [0.15, 0.2) is 0 Å². The molecule has 0 aromatic heterocycles. The Balaban J connectivity index is 1.70. The van der Waals surface area contributed by atoms with Gasteiger partial charge in [-0.05, 0) is 50.8 Å². The van der Waals surface area contributed by atoms with Crippen molar-refractivity contribution in [3.05, 3.63) is 101 Å². The Bertz CT molecular complexity index is 1250. The molecular formula is C34H42N2O3. The summed E-state index contributed by atoms with van der Waals surface area (Å²) in [4.78, 5) is 14.7. The monoisotopic (exact) mass is 526 g/mol. The molecule has 0 spiro atoms. The summed E-state index contributed by atoms with van der Waals surface area (Å²) in [7, 11) is 0. The minimum Gasteiger partial charge on any atom is -0.507 e. The van der Waals surface area contributed by atoms with E-state index in [1.54, 1.807) is 0 Å². The van der Waals surface area contributed by atoms with Crippen LogP contribution in [0.5, 0.6) is 5.75 Å². The standard InChI is InChI=1S/C34H42N2O3/c1-33(2,3)27-17-25(18-28(31(27)38)34(4,5)6)29(20-37)36-19-26(22-39-21-23-13-9-7-10-14-23)30(32(36)35)24-15-11-8-12-16-24/h7-18,20,26,29-30,35,38H,19,21-22H2,1-6H3/t26-,29?,30-/m1/s1. The second kappa shape index (κ2) is 11.4. The van der Waals surface area contributed by atoms with Gasteiger partial charge in [0.2, 0.25) is 0 Å². The zero-order valence-electron chi connectivity index (χ0n) is 24.1. The smallest absolute Gasteiger partial charge is 0.147 e. The van der Waals surface area contributed by atoms with Gasteiger partial charge in [-0.1, -0.05) is 102 Å². The lowest BCUT2D eigenvalue weighted by molar-refractivity contribution is -0.111. The van der Waals surface area contributed by atoms with Crippen molar-refractivity contribution in [2.75, 3.05) is 13.2 Å². The molecule has 39 heavy (non-hydrogen) atoms. The van der Waals surface area contributed by atoms with Gasteiger partial charge in [0.05, 0.1) is 13.2 Å². The third kappa shape index (κ3) is 6.25. The Kier molecular flexibility index (Phi) is 8.31. The van der Waals surface area contributed by atoms with Crippen LogP contribution >= 0.6 is 0 Å². The molecular weight excluding hydrogens is 484 g/mol. The predicted octanol–water partition coefficient (Wildman–Crippen LogP) is 7.14. The Hall–Kier alpha value is -3.44. The largest absolute Gasteiger partial charge is 0.507 e. The van der Waals surface area contributed by atoms with Crippen LogP contribution in [0.1, 0.15) is 81.3 Å². The van der Waals surface area contributed by atoms with E-state index in [0.29, 0.717) is 25.6 Å². The number of rotatable bonds is 8. The van der Waals surface area contributed by atoms with Crippen LogP contribution < -0.4 is 0 Å². The Morgan fingerprint density at radius 2 is 1.49 bits per heavy atom. The van der Waals surface area contributed by atoms with E-state index in [2.05, 4.69) is 53.7 Å². The topological polar surface area (TPSA) is 73.6 Å². The fourth-order valence-electron chi connectivity index (χ4n) is 5.57. The van der Waals surface area contributed by atoms with Gasteiger partial charge in [-0.25, -0.2) is 0 Å². The van der Waals surface area contributed by atoms with E-state index in [1.165, 1.54) is 0 Å². The van der Waals surface area contributed by atoms with Crippen LogP contribution in [-0.4, -0.2) is 35.3 Å². The SMILES string of the molecule is CC(C)(C)c1cc(C(C=O)N2C[C@H](COCc3ccccc3)[C@@H](c3ccccc3)C2=N)cc(C(C)(C)C)c1O. The lowest BCUT2D eigenvalue weighted by atomic mass is 9.77. The summed E-state index contributed by atoms with van der Waals surface area (Å²) in [6, 6.07) is 23.4. The molecule has 206 valence electrons. The number of benzene rings is 3. The van der Waals surface area contributed by atoms with Crippen LogP contribution in [0, 0.1) is 11.3 Å². The minimum absolute atomic E-state index is 0.0207. The molecule has 3 aromatic carbocycles. The van der Waals surface area contributed by atoms with E-state index in [9.17, 15) is 15.3 Å². The van der Waals surface area contributed by atoms with Crippen LogP contribution in [0.2, 0.25) is 0 Å². The molecule has 5 nitrogen and oxygen atoms in total. The first kappa shape index (κ1) is 28.6. The maximum absolute atomic E-state index is 12.8. The summed E-state index contributed by atoms with van der Waals surface area (Å²) < 4.78 is 6.17. The van der Waals surface area contributed by atoms with Crippen LogP contribution in [0.25, 0.3) is 0 Å². The minimum atomic E-state index is -0.634. The average molecular weight is 527 g/mol. The first-order valence-electron chi connectivity index (χ1n) is 13.8. The number of phenols is 1. The molecule has 1 fully saturated rings. The molecule has 2 N–H and O–H groups in total. The molecule has 1 aliphatic heterocycles. The van der Waals surface area contributed by atoms with Gasteiger partial charge < -0.3 is 19.5 Å². The number of carbonyl (C=O) groups excluding carboxylic acids is 1. The third-order valence-corrected chi connectivity index (χ3v) is 7.66. The highest BCUT2D eigenvalue weighted by Crippen LogP contribution is 2.43. The number of carbonyl (C=O) groups is 1. The number of phenolic OH excluding ortho intramolecular Hbond substituents is 1. The van der Waals surface area contributed by atoms with Crippen LogP contribution in [-0.2, 0) is 27.0 Å². The summed E-state index contributed by atoms with van der Waals surface area (Å²) in [5, 5.41) is 20.5. The van der Waals surface area contributed by atoms with Crippen molar-refractivity contribution in [3.8, 4) is 5.75 Å². The highest BCUT2D eigenvalue weighted by Gasteiger charge is 2.42. The van der Waals surface area contributed by atoms with Crippen molar-refractivity contribution in [2.24, 2.45) is 5.92 Å². The number of aromatic hydroxyl groups is 1. The van der Waals surface area contributed by atoms with Crippen molar-refractivity contribution < 1.29 is 14.6 Å². The van der Waals surface area contributed by atoms with Gasteiger partial charge in [0.25, 0.3) is 0 Å². The summed E-state index contributed by atoms with van der Waals surface area (Å²) in [5.41, 5.74) is 3.96. The average Bonchev–Trinajstić information content (AvgIpc) is 3.20. The second-order valence-electron chi connectivity index (χ2n) is 12.7. The molecule has 0 amide bonds. The van der Waals surface area contributed by atoms with Gasteiger partial charge in [-0.2, -0.15) is 0 Å². The molecule has 0 aliphatic carbocycles. The highest BCUT2D eigenvalue weighted by atomic mass is 16.5. The molecule has 1 saturated heterocycles. The summed E-state index contributed by atoms with van der Waals surface area (Å²) in [6.07, 6.45) is 0.940. The Labute approximate surface area is 233 Å². The number of ether oxygens (including phenoxy) is 1. The molecule has 4 rings (SSSR count). The summed E-state index contributed by atoms with van der Waals surface area (Å²) >= 11 is 0. The molecule has 3 atom stereocenters. The number of amidine groups is 1. The number of nitrogens with one attached hydrogen (secondary N) is 1. The number of hydrogen-bond acceptors (Lipinski definition) is 4. The second-order valence-corrected chi connectivity index (χ2v) is 12.7. The number of nitrogens with zero attached hydrogens (tertiary/aromatic N) is 1. The zero-order chi connectivity index (χ0) is 28.4. The van der Waals surface area contributed by atoms with Crippen LogP contribution in [0.3, 0.4) is 0 Å². The van der Waals surface area contributed by atoms with E-state index < -0.39 is 6.04 Å². The quantitative estimate of drug-likeness (QED) is 0.306. The molecule has 1 aliphatic rings. The number of hydrogen-bond donors (Lipinski definition) is 2. The zero-order valence-corrected chi connectivity index (χ0v) is 24.1. The van der Waals surface area contributed by atoms with E-state index in [0.717, 1.165) is 34.1 Å². The van der Waals surface area contributed by atoms with E-state index in [4.69, 9.17) is 4.74 Å². The van der Waals surface area contributed by atoms with Gasteiger partial charge in [0.1, 0.15) is 23.9 Å². The van der Waals surface area contributed by atoms with E-state index in [-0.39, 0.29) is 28.4 Å². The fourth-order valence-corrected chi connectivity index (χ4v) is 5.57. The van der Waals surface area contributed by atoms with Crippen molar-refractivity contribution in [3.63, 3.8) is 0 Å². The Morgan fingerprint density at radius 3 is 2.00 bits per heavy atom. The van der Waals surface area contributed by atoms with Gasteiger partial charge in [0, 0.05) is 18.4 Å². The first-order valence-corrected chi connectivity index (χ1v) is 13.8. The van der Waals surface area contributed by atoms with Crippen molar-refractivity contribution >= 4 is 12.1 Å². The summed E-state index contributed by atoms with van der Waals surface area (Å²) in [6.45, 7) is 13.9. The highest BCUT2D eigenvalue weighted by molar-refractivity contribution is 5.91. The molecule has 0 saturated carbocycles. The van der Waals surface area contributed by atoms with Crippen LogP contribution in [0.4, 0.5) is 0 Å². The van der Waals surface area contributed by atoms with Crippen molar-refractivity contribution in [1.82, 2.24) is 4.90 Å². The molecule has 1 unspecified atom stereocenters. The molecule has 0 bridgehead atoms. The lowest BCUT2D eigenvalue weighted by Gasteiger charge is -2.32. The van der Waals surface area contributed by atoms with E-state index in [1.807, 2.05) is 65.6 Å². The lowest BCUT2D eigenvalue weighted by Crippen LogP contribution is -2.32. The van der Waals surface area contributed by atoms with Gasteiger partial charge in [-0.3, -0.25) is 5.41 Å². The molecule has 1 heterocycles. The first-order chi connectivity index (χ1) is 18.4. The molecule has 5 heteroatoms. The summed E-state index contributed by atoms with van der Waals surface area (Å²) in [5.74, 6) is 0.557. The predicted molar refractivity (Wildman–Crippen MR) is 158 cm³/mol. The molecule has 3 aromatic rings. The van der Waals surface area contributed by atoms with Gasteiger partial charge in [-0.15, -0.1) is 0 Å². The number of likely N-dealkylation sites (tertiary alicyclic amines) is 1. The maximum atomic E-state index is 12.8. The Morgan fingerprint density at radius 1 is 0.949 bits per heavy atom. The normalized spacial score (nSPS) is 18.8. The van der Waals surface area contributed by atoms with Crippen molar-refractivity contribution in [1.29, 1.82) is 5.41 Å². The molecule has 0 radical (unpaired) electrons. The third-order valence-electron chi connectivity index (χ3n) is 7.66. The van der Waals surface area contributed by atoms with Crippen molar-refractivity contribution in [2.45, 2.75) is 70.9 Å². The van der Waals surface area contributed by atoms with Gasteiger partial charge >= 0.3 is 0 Å². The van der Waals surface area contributed by atoms with Crippen LogP contribution in [0.15, 0.2) is 72.8 Å². The fraction of sp³-hybridized carbons (Fsp3) is 0.412. The van der Waals surface area contributed by atoms with E-state index >= 15 is 0 Å². The number of aldehydes is 1.